The molecule has 0 spiro atoms. The Morgan fingerprint density at radius 1 is 1.12 bits per heavy atom. The maximum Gasteiger partial charge on any atom is 0.332 e. The molecule has 134 valence electrons. The van der Waals surface area contributed by atoms with Crippen molar-refractivity contribution in [1.29, 1.82) is 0 Å². The highest BCUT2D eigenvalue weighted by Gasteiger charge is 2.36. The number of carboxylic acids is 1. The Morgan fingerprint density at radius 2 is 1.68 bits per heavy atom. The van der Waals surface area contributed by atoms with Gasteiger partial charge in [-0.2, -0.15) is 0 Å². The number of carboxylic acid groups (broad SMARTS) is 1. The van der Waals surface area contributed by atoms with E-state index in [4.69, 9.17) is 0 Å². The van der Waals surface area contributed by atoms with Crippen molar-refractivity contribution in [3.63, 3.8) is 0 Å². The van der Waals surface area contributed by atoms with Crippen LogP contribution < -0.4 is 0 Å². The van der Waals surface area contributed by atoms with Crippen LogP contribution in [0.5, 0.6) is 0 Å². The number of nitrogens with zero attached hydrogens (tertiary/aromatic N) is 1. The zero-order valence-electron chi connectivity index (χ0n) is 15.1. The van der Waals surface area contributed by atoms with Crippen molar-refractivity contribution in [2.45, 2.75) is 46.0 Å². The first-order valence-corrected chi connectivity index (χ1v) is 9.23. The maximum absolute atomic E-state index is 12.7. The Labute approximate surface area is 149 Å². The van der Waals surface area contributed by atoms with Crippen LogP contribution in [0.15, 0.2) is 23.8 Å². The average molecular weight is 341 g/mol. The number of carbonyl (C=O) groups is 2. The first-order chi connectivity index (χ1) is 12.0. The Morgan fingerprint density at radius 3 is 2.20 bits per heavy atom. The van der Waals surface area contributed by atoms with Crippen molar-refractivity contribution in [3.8, 4) is 0 Å². The van der Waals surface area contributed by atoms with Gasteiger partial charge in [0, 0.05) is 18.7 Å². The Kier molecular flexibility index (Phi) is 5.26. The van der Waals surface area contributed by atoms with E-state index < -0.39 is 5.97 Å². The number of aryl methyl sites for hydroxylation is 2. The summed E-state index contributed by atoms with van der Waals surface area (Å²) in [5.74, 6) is 0.184. The first kappa shape index (κ1) is 17.7. The highest BCUT2D eigenvalue weighted by Crippen LogP contribution is 2.36. The predicted octanol–water partition coefficient (Wildman–Crippen LogP) is 3.81. The van der Waals surface area contributed by atoms with Gasteiger partial charge in [0.05, 0.1) is 6.42 Å². The zero-order chi connectivity index (χ0) is 18.0. The Balaban J connectivity index is 1.75. The van der Waals surface area contributed by atoms with Crippen molar-refractivity contribution >= 4 is 18.0 Å². The van der Waals surface area contributed by atoms with Crippen LogP contribution in [0, 0.1) is 25.7 Å². The largest absolute Gasteiger partial charge is 0.478 e. The van der Waals surface area contributed by atoms with Crippen molar-refractivity contribution in [2.24, 2.45) is 11.8 Å². The second-order valence-corrected chi connectivity index (χ2v) is 7.56. The molecule has 1 saturated carbocycles. The number of rotatable bonds is 4. The molecule has 2 atom stereocenters. The lowest BCUT2D eigenvalue weighted by molar-refractivity contribution is -0.136. The van der Waals surface area contributed by atoms with Gasteiger partial charge in [0.2, 0.25) is 5.91 Å². The molecule has 25 heavy (non-hydrogen) atoms. The van der Waals surface area contributed by atoms with Crippen LogP contribution in [-0.2, 0) is 9.59 Å². The molecule has 0 aromatic heterocycles. The van der Waals surface area contributed by atoms with Gasteiger partial charge >= 0.3 is 5.97 Å². The molecular weight excluding hydrogens is 314 g/mol. The van der Waals surface area contributed by atoms with E-state index in [2.05, 4.69) is 0 Å². The smallest absolute Gasteiger partial charge is 0.332 e. The maximum atomic E-state index is 12.7. The molecule has 0 bridgehead atoms. The highest BCUT2D eigenvalue weighted by atomic mass is 16.4. The van der Waals surface area contributed by atoms with Gasteiger partial charge in [-0.15, -0.1) is 0 Å². The van der Waals surface area contributed by atoms with E-state index in [1.54, 1.807) is 6.08 Å². The van der Waals surface area contributed by atoms with Crippen LogP contribution in [0.4, 0.5) is 0 Å². The summed E-state index contributed by atoms with van der Waals surface area (Å²) in [5.41, 5.74) is 3.14. The number of benzene rings is 1. The van der Waals surface area contributed by atoms with Crippen LogP contribution in [0.25, 0.3) is 6.08 Å². The number of hydrogen-bond acceptors (Lipinski definition) is 2. The second kappa shape index (κ2) is 7.42. The van der Waals surface area contributed by atoms with E-state index in [9.17, 15) is 14.7 Å². The van der Waals surface area contributed by atoms with Gasteiger partial charge in [0.25, 0.3) is 0 Å². The van der Waals surface area contributed by atoms with Crippen LogP contribution in [0.3, 0.4) is 0 Å². The molecule has 1 heterocycles. The van der Waals surface area contributed by atoms with Crippen molar-refractivity contribution in [2.75, 3.05) is 13.1 Å². The summed E-state index contributed by atoms with van der Waals surface area (Å²) >= 11 is 0. The monoisotopic (exact) mass is 341 g/mol. The van der Waals surface area contributed by atoms with Gasteiger partial charge in [0.1, 0.15) is 0 Å². The molecule has 1 aromatic rings. The lowest BCUT2D eigenvalue weighted by atomic mass is 9.82. The quantitative estimate of drug-likeness (QED) is 0.847. The second-order valence-electron chi connectivity index (χ2n) is 7.56. The molecule has 3 rings (SSSR count). The molecular formula is C21H27NO3. The molecule has 1 saturated heterocycles. The number of amides is 1. The molecule has 4 heteroatoms. The lowest BCUT2D eigenvalue weighted by Gasteiger charge is -2.22. The van der Waals surface area contributed by atoms with Gasteiger partial charge in [-0.25, -0.2) is 4.79 Å². The van der Waals surface area contributed by atoms with Crippen molar-refractivity contribution in [1.82, 2.24) is 4.90 Å². The molecule has 1 N–H and O–H groups in total. The summed E-state index contributed by atoms with van der Waals surface area (Å²) < 4.78 is 0. The van der Waals surface area contributed by atoms with E-state index in [1.807, 2.05) is 36.9 Å². The standard InChI is InChI=1S/C21H27NO3/c1-14-6-5-7-15(2)19(14)10-18(21(24)25)11-20(23)22-12-16-8-3-4-9-17(16)13-22/h5-7,10,16-17H,3-4,8-9,11-13H2,1-2H3,(H,24,25)/b18-10-/t16-,17+. The molecule has 1 aliphatic carbocycles. The topological polar surface area (TPSA) is 57.6 Å². The molecule has 0 unspecified atom stereocenters. The summed E-state index contributed by atoms with van der Waals surface area (Å²) in [7, 11) is 0. The van der Waals surface area contributed by atoms with Crippen LogP contribution in [0.2, 0.25) is 0 Å². The number of aliphatic carboxylic acids is 1. The van der Waals surface area contributed by atoms with Gasteiger partial charge in [-0.1, -0.05) is 31.0 Å². The Bertz CT molecular complexity index is 673. The van der Waals surface area contributed by atoms with E-state index in [0.29, 0.717) is 11.8 Å². The van der Waals surface area contributed by atoms with E-state index in [0.717, 1.165) is 29.8 Å². The van der Waals surface area contributed by atoms with Gasteiger partial charge in [0.15, 0.2) is 0 Å². The summed E-state index contributed by atoms with van der Waals surface area (Å²) in [5, 5.41) is 9.58. The minimum absolute atomic E-state index is 0.0253. The summed E-state index contributed by atoms with van der Waals surface area (Å²) in [4.78, 5) is 26.3. The van der Waals surface area contributed by atoms with E-state index in [-0.39, 0.29) is 17.9 Å². The fourth-order valence-electron chi connectivity index (χ4n) is 4.30. The third kappa shape index (κ3) is 3.94. The highest BCUT2D eigenvalue weighted by molar-refractivity contribution is 5.98. The molecule has 1 amide bonds. The molecule has 4 nitrogen and oxygen atoms in total. The SMILES string of the molecule is Cc1cccc(C)c1/C=C(/CC(=O)N1C[C@H]2CCCC[C@H]2C1)C(=O)O. The van der Waals surface area contributed by atoms with Gasteiger partial charge < -0.3 is 10.0 Å². The van der Waals surface area contributed by atoms with Crippen LogP contribution in [-0.4, -0.2) is 35.0 Å². The number of fused-ring (bicyclic) bond motifs is 1. The number of carbonyl (C=O) groups excluding carboxylic acids is 1. The summed E-state index contributed by atoms with van der Waals surface area (Å²) in [6, 6.07) is 5.89. The van der Waals surface area contributed by atoms with Gasteiger partial charge in [-0.3, -0.25) is 4.79 Å². The van der Waals surface area contributed by atoms with Crippen LogP contribution in [0.1, 0.15) is 48.8 Å². The summed E-state index contributed by atoms with van der Waals surface area (Å²) in [6.07, 6.45) is 6.58. The number of hydrogen-bond donors (Lipinski definition) is 1. The van der Waals surface area contributed by atoms with Crippen LogP contribution >= 0.6 is 0 Å². The van der Waals surface area contributed by atoms with Crippen molar-refractivity contribution < 1.29 is 14.7 Å². The molecule has 2 aliphatic rings. The van der Waals surface area contributed by atoms with E-state index in [1.165, 1.54) is 25.7 Å². The average Bonchev–Trinajstić information content (AvgIpc) is 3.01. The van der Waals surface area contributed by atoms with E-state index >= 15 is 0 Å². The zero-order valence-corrected chi connectivity index (χ0v) is 15.1. The molecule has 2 fully saturated rings. The van der Waals surface area contributed by atoms with Crippen molar-refractivity contribution in [3.05, 3.63) is 40.5 Å². The minimum Gasteiger partial charge on any atom is -0.478 e. The number of likely N-dealkylation sites (tertiary alicyclic amines) is 1. The van der Waals surface area contributed by atoms with Gasteiger partial charge in [-0.05, 0) is 61.3 Å². The fraction of sp³-hybridized carbons (Fsp3) is 0.524. The molecule has 0 radical (unpaired) electrons. The third-order valence-corrected chi connectivity index (χ3v) is 5.81. The molecule has 1 aliphatic heterocycles. The molecule has 1 aromatic carbocycles. The summed E-state index contributed by atoms with van der Waals surface area (Å²) in [6.45, 7) is 5.54. The Hall–Kier alpha value is -2.10. The lowest BCUT2D eigenvalue weighted by Crippen LogP contribution is -2.30. The minimum atomic E-state index is -1.01. The predicted molar refractivity (Wildman–Crippen MR) is 98.2 cm³/mol. The fourth-order valence-corrected chi connectivity index (χ4v) is 4.30. The first-order valence-electron chi connectivity index (χ1n) is 9.23. The normalized spacial score (nSPS) is 23.4. The third-order valence-electron chi connectivity index (χ3n) is 5.81.